The molecule has 0 aromatic carbocycles. The second-order valence-corrected chi connectivity index (χ2v) is 17.0. The van der Waals surface area contributed by atoms with Crippen molar-refractivity contribution in [3.63, 3.8) is 0 Å². The molecule has 0 rings (SSSR count). The van der Waals surface area contributed by atoms with Gasteiger partial charge >= 0.3 is 0 Å². The lowest BCUT2D eigenvalue weighted by Crippen LogP contribution is -2.45. The predicted octanol–water partition coefficient (Wildman–Crippen LogP) is 15.0. The highest BCUT2D eigenvalue weighted by molar-refractivity contribution is 5.76. The average molecular weight is 812 g/mol. The molecular weight excluding hydrogens is 715 g/mol. The Morgan fingerprint density at radius 3 is 1.26 bits per heavy atom. The van der Waals surface area contributed by atoms with Gasteiger partial charge in [0.15, 0.2) is 0 Å². The summed E-state index contributed by atoms with van der Waals surface area (Å²) in [4.78, 5) is 12.4. The van der Waals surface area contributed by atoms with Crippen LogP contribution in [0.2, 0.25) is 0 Å². The van der Waals surface area contributed by atoms with Crippen molar-refractivity contribution in [2.75, 3.05) is 6.61 Å². The molecule has 338 valence electrons. The number of carbonyl (C=O) groups excluding carboxylic acids is 1. The Hall–Kier alpha value is -1.95. The Labute approximate surface area is 360 Å². The summed E-state index contributed by atoms with van der Waals surface area (Å²) < 4.78 is 0. The van der Waals surface area contributed by atoms with Gasteiger partial charge in [0, 0.05) is 0 Å². The van der Waals surface area contributed by atoms with E-state index >= 15 is 0 Å². The number of hydrogen-bond donors (Lipinski definition) is 4. The van der Waals surface area contributed by atoms with E-state index in [1.165, 1.54) is 173 Å². The molecule has 5 heteroatoms. The van der Waals surface area contributed by atoms with Crippen LogP contribution in [-0.4, -0.2) is 46.1 Å². The Bertz CT molecular complexity index is 985. The summed E-state index contributed by atoms with van der Waals surface area (Å²) in [6.07, 6.45) is 64.0. The maximum absolute atomic E-state index is 12.4. The van der Waals surface area contributed by atoms with Crippen LogP contribution in [0, 0.1) is 0 Å². The Kier molecular flexibility index (Phi) is 46.1. The van der Waals surface area contributed by atoms with E-state index in [0.717, 1.165) is 44.9 Å². The van der Waals surface area contributed by atoms with E-state index in [9.17, 15) is 20.1 Å². The summed E-state index contributed by atoms with van der Waals surface area (Å²) in [5.41, 5.74) is 0. The molecule has 0 aliphatic heterocycles. The van der Waals surface area contributed by atoms with E-state index in [1.54, 1.807) is 6.08 Å². The lowest BCUT2D eigenvalue weighted by Gasteiger charge is -2.21. The molecule has 4 N–H and O–H groups in total. The summed E-state index contributed by atoms with van der Waals surface area (Å²) in [7, 11) is 0. The van der Waals surface area contributed by atoms with E-state index in [0.29, 0.717) is 6.42 Å². The van der Waals surface area contributed by atoms with Crippen molar-refractivity contribution in [1.29, 1.82) is 0 Å². The SMILES string of the molecule is CCCC/C=C/CC/C=C/CC/C=C/C(O)C(CO)NC(=O)CC(O)CCCCCCCCCCCCCCCCC/C=C\C/C=C\CCCCCCCCCCC. The molecule has 0 spiro atoms. The normalized spacial score (nSPS) is 13.9. The fourth-order valence-corrected chi connectivity index (χ4v) is 7.39. The van der Waals surface area contributed by atoms with Gasteiger partial charge < -0.3 is 20.6 Å². The van der Waals surface area contributed by atoms with Crippen LogP contribution in [0.5, 0.6) is 0 Å². The molecule has 0 aliphatic carbocycles. The van der Waals surface area contributed by atoms with E-state index in [1.807, 2.05) is 6.08 Å². The third-order valence-electron chi connectivity index (χ3n) is 11.3. The van der Waals surface area contributed by atoms with Gasteiger partial charge in [-0.3, -0.25) is 4.79 Å². The molecule has 0 aliphatic rings. The van der Waals surface area contributed by atoms with Crippen LogP contribution in [0.15, 0.2) is 60.8 Å². The fourth-order valence-electron chi connectivity index (χ4n) is 7.39. The minimum Gasteiger partial charge on any atom is -0.394 e. The van der Waals surface area contributed by atoms with Crippen LogP contribution < -0.4 is 5.32 Å². The van der Waals surface area contributed by atoms with Crippen LogP contribution >= 0.6 is 0 Å². The minimum atomic E-state index is -0.960. The van der Waals surface area contributed by atoms with Crippen molar-refractivity contribution in [2.45, 2.75) is 263 Å². The number of aliphatic hydroxyl groups excluding tert-OH is 3. The smallest absolute Gasteiger partial charge is 0.222 e. The molecule has 0 aromatic heterocycles. The summed E-state index contributed by atoms with van der Waals surface area (Å²) in [6.45, 7) is 4.15. The zero-order valence-corrected chi connectivity index (χ0v) is 38.4. The first-order chi connectivity index (χ1) is 28.5. The molecule has 0 radical (unpaired) electrons. The highest BCUT2D eigenvalue weighted by Crippen LogP contribution is 2.16. The largest absolute Gasteiger partial charge is 0.394 e. The number of allylic oxidation sites excluding steroid dienone is 9. The lowest BCUT2D eigenvalue weighted by atomic mass is 10.0. The summed E-state index contributed by atoms with van der Waals surface area (Å²) in [5.74, 6) is -0.331. The van der Waals surface area contributed by atoms with Crippen LogP contribution in [0.1, 0.15) is 245 Å². The quantitative estimate of drug-likeness (QED) is 0.0364. The van der Waals surface area contributed by atoms with Crippen LogP contribution in [-0.2, 0) is 4.79 Å². The molecule has 3 unspecified atom stereocenters. The van der Waals surface area contributed by atoms with Gasteiger partial charge in [-0.1, -0.05) is 229 Å². The molecule has 0 saturated heterocycles. The van der Waals surface area contributed by atoms with Crippen molar-refractivity contribution in [1.82, 2.24) is 5.32 Å². The Morgan fingerprint density at radius 2 is 0.810 bits per heavy atom. The number of unbranched alkanes of at least 4 members (excludes halogenated alkanes) is 28. The van der Waals surface area contributed by atoms with Gasteiger partial charge in [0.05, 0.1) is 31.3 Å². The third kappa shape index (κ3) is 43.6. The first-order valence-electron chi connectivity index (χ1n) is 25.1. The highest BCUT2D eigenvalue weighted by atomic mass is 16.3. The zero-order chi connectivity index (χ0) is 42.3. The first kappa shape index (κ1) is 56.0. The van der Waals surface area contributed by atoms with Crippen molar-refractivity contribution < 1.29 is 20.1 Å². The molecule has 58 heavy (non-hydrogen) atoms. The van der Waals surface area contributed by atoms with Gasteiger partial charge in [-0.25, -0.2) is 0 Å². The standard InChI is InChI=1S/C53H97NO4/c1-3-5-7-9-11-13-15-17-18-19-20-21-22-23-24-25-26-27-28-29-30-31-32-33-34-35-36-38-40-42-44-46-50(56)48-53(58)54-51(49-55)52(57)47-45-43-41-39-37-16-14-12-10-8-6-4-2/h10,12,20-21,23-24,37,39,45,47,50-52,55-57H,3-9,11,13-19,22,25-36,38,40-44,46,48-49H2,1-2H3,(H,54,58)/b12-10+,21-20-,24-23-,39-37+,47-45+. The van der Waals surface area contributed by atoms with Gasteiger partial charge in [-0.15, -0.1) is 0 Å². The van der Waals surface area contributed by atoms with Crippen molar-refractivity contribution in [3.8, 4) is 0 Å². The predicted molar refractivity (Wildman–Crippen MR) is 254 cm³/mol. The van der Waals surface area contributed by atoms with E-state index in [-0.39, 0.29) is 18.9 Å². The molecular formula is C53H97NO4. The average Bonchev–Trinajstić information content (AvgIpc) is 3.22. The van der Waals surface area contributed by atoms with Crippen molar-refractivity contribution >= 4 is 5.91 Å². The van der Waals surface area contributed by atoms with Gasteiger partial charge in [0.1, 0.15) is 0 Å². The number of rotatable bonds is 45. The number of carbonyl (C=O) groups is 1. The molecule has 1 amide bonds. The van der Waals surface area contributed by atoms with Crippen LogP contribution in [0.3, 0.4) is 0 Å². The summed E-state index contributed by atoms with van der Waals surface area (Å²) in [5, 5.41) is 33.2. The third-order valence-corrected chi connectivity index (χ3v) is 11.3. The van der Waals surface area contributed by atoms with E-state index < -0.39 is 18.2 Å². The lowest BCUT2D eigenvalue weighted by molar-refractivity contribution is -0.124. The van der Waals surface area contributed by atoms with E-state index in [2.05, 4.69) is 67.8 Å². The number of amides is 1. The highest BCUT2D eigenvalue weighted by Gasteiger charge is 2.20. The summed E-state index contributed by atoms with van der Waals surface area (Å²) in [6, 6.07) is -0.768. The van der Waals surface area contributed by atoms with Gasteiger partial charge in [0.2, 0.25) is 5.91 Å². The molecule has 0 fully saturated rings. The van der Waals surface area contributed by atoms with Gasteiger partial charge in [0.25, 0.3) is 0 Å². The molecule has 0 saturated carbocycles. The second-order valence-electron chi connectivity index (χ2n) is 17.0. The van der Waals surface area contributed by atoms with Crippen LogP contribution in [0.4, 0.5) is 0 Å². The molecule has 0 heterocycles. The van der Waals surface area contributed by atoms with Crippen molar-refractivity contribution in [3.05, 3.63) is 60.8 Å². The molecule has 3 atom stereocenters. The maximum Gasteiger partial charge on any atom is 0.222 e. The number of nitrogens with one attached hydrogen (secondary N) is 1. The monoisotopic (exact) mass is 812 g/mol. The Balaban J connectivity index is 3.56. The first-order valence-corrected chi connectivity index (χ1v) is 25.1. The topological polar surface area (TPSA) is 89.8 Å². The Morgan fingerprint density at radius 1 is 0.448 bits per heavy atom. The van der Waals surface area contributed by atoms with Gasteiger partial charge in [-0.05, 0) is 70.6 Å². The fraction of sp³-hybridized carbons (Fsp3) is 0.792. The van der Waals surface area contributed by atoms with Gasteiger partial charge in [-0.2, -0.15) is 0 Å². The number of aliphatic hydroxyl groups is 3. The van der Waals surface area contributed by atoms with Crippen molar-refractivity contribution in [2.24, 2.45) is 0 Å². The maximum atomic E-state index is 12.4. The van der Waals surface area contributed by atoms with E-state index in [4.69, 9.17) is 0 Å². The summed E-state index contributed by atoms with van der Waals surface area (Å²) >= 11 is 0. The molecule has 5 nitrogen and oxygen atoms in total. The number of hydrogen-bond acceptors (Lipinski definition) is 4. The molecule has 0 aromatic rings. The van der Waals surface area contributed by atoms with Crippen LogP contribution in [0.25, 0.3) is 0 Å². The minimum absolute atomic E-state index is 0.000872. The second kappa shape index (κ2) is 47.7. The zero-order valence-electron chi connectivity index (χ0n) is 38.4. The molecule has 0 bridgehead atoms.